The lowest BCUT2D eigenvalue weighted by Crippen LogP contribution is -2.21. The molecule has 0 radical (unpaired) electrons. The van der Waals surface area contributed by atoms with Crippen LogP contribution < -0.4 is 4.90 Å². The summed E-state index contributed by atoms with van der Waals surface area (Å²) in [7, 11) is 0. The minimum atomic E-state index is -0.361. The zero-order chi connectivity index (χ0) is 20.2. The van der Waals surface area contributed by atoms with E-state index in [0.717, 1.165) is 17.7 Å². The first-order chi connectivity index (χ1) is 14.2. The van der Waals surface area contributed by atoms with Crippen LogP contribution in [0.4, 0.5) is 17.1 Å². The molecule has 4 rings (SSSR count). The Bertz CT molecular complexity index is 1020. The maximum absolute atomic E-state index is 10.9. The lowest BCUT2D eigenvalue weighted by molar-refractivity contribution is -0.384. The number of hydrogen-bond donors (Lipinski definition) is 0. The van der Waals surface area contributed by atoms with Crippen LogP contribution in [0.5, 0.6) is 0 Å². The maximum Gasteiger partial charge on any atom is 0.269 e. The van der Waals surface area contributed by atoms with Crippen molar-refractivity contribution in [1.29, 1.82) is 0 Å². The molecule has 0 saturated heterocycles. The third-order valence-electron chi connectivity index (χ3n) is 5.27. The van der Waals surface area contributed by atoms with Gasteiger partial charge in [-0.25, -0.2) is 0 Å². The molecule has 0 amide bonds. The van der Waals surface area contributed by atoms with E-state index in [2.05, 4.69) is 54.3 Å². The van der Waals surface area contributed by atoms with Gasteiger partial charge in [0.25, 0.3) is 5.69 Å². The van der Waals surface area contributed by atoms with Gasteiger partial charge in [0.2, 0.25) is 0 Å². The fraction of sp³-hybridized carbons (Fsp3) is 0.250. The molecule has 1 aliphatic heterocycles. The maximum atomic E-state index is 10.9. The van der Waals surface area contributed by atoms with Gasteiger partial charge < -0.3 is 4.90 Å². The third-order valence-corrected chi connectivity index (χ3v) is 6.39. The van der Waals surface area contributed by atoms with Crippen LogP contribution in [0.3, 0.4) is 0 Å². The second kappa shape index (κ2) is 8.70. The standard InChI is InChI=1S/C24H24N2O2S/c1-2-3-4-7-16-25-21-8-5-6-9-23(21)29-24-17-19(12-15-22(24)25)18-10-13-20(14-11-18)26(27)28/h5-6,8-15,17H,2-4,7,16H2,1H3. The van der Waals surface area contributed by atoms with Crippen LogP contribution in [0.2, 0.25) is 0 Å². The summed E-state index contributed by atoms with van der Waals surface area (Å²) in [6.45, 7) is 3.25. The molecule has 0 aromatic heterocycles. The lowest BCUT2D eigenvalue weighted by atomic mass is 10.0. The van der Waals surface area contributed by atoms with Gasteiger partial charge in [-0.1, -0.05) is 56.1 Å². The van der Waals surface area contributed by atoms with E-state index in [4.69, 9.17) is 0 Å². The van der Waals surface area contributed by atoms with Gasteiger partial charge in [-0.3, -0.25) is 10.1 Å². The molecule has 1 aliphatic rings. The molecular weight excluding hydrogens is 380 g/mol. The smallest absolute Gasteiger partial charge is 0.269 e. The zero-order valence-electron chi connectivity index (χ0n) is 16.5. The summed E-state index contributed by atoms with van der Waals surface area (Å²) in [6.07, 6.45) is 4.94. The molecule has 0 bridgehead atoms. The molecule has 3 aromatic rings. The number of nitro benzene ring substituents is 1. The first-order valence-corrected chi connectivity index (χ1v) is 10.9. The van der Waals surface area contributed by atoms with Crippen LogP contribution in [0, 0.1) is 10.1 Å². The van der Waals surface area contributed by atoms with Crippen molar-refractivity contribution in [3.63, 3.8) is 0 Å². The second-order valence-corrected chi connectivity index (χ2v) is 8.35. The molecule has 0 N–H and O–H groups in total. The van der Waals surface area contributed by atoms with Crippen LogP contribution in [0.15, 0.2) is 76.5 Å². The molecule has 0 saturated carbocycles. The Labute approximate surface area is 175 Å². The minimum Gasteiger partial charge on any atom is -0.340 e. The van der Waals surface area contributed by atoms with Gasteiger partial charge in [0.05, 0.1) is 16.3 Å². The summed E-state index contributed by atoms with van der Waals surface area (Å²) in [5, 5.41) is 10.9. The van der Waals surface area contributed by atoms with Gasteiger partial charge in [0.15, 0.2) is 0 Å². The monoisotopic (exact) mass is 404 g/mol. The molecule has 5 heteroatoms. The predicted molar refractivity (Wildman–Crippen MR) is 120 cm³/mol. The summed E-state index contributed by atoms with van der Waals surface area (Å²) >= 11 is 1.80. The van der Waals surface area contributed by atoms with Crippen molar-refractivity contribution in [2.24, 2.45) is 0 Å². The van der Waals surface area contributed by atoms with Crippen LogP contribution >= 0.6 is 11.8 Å². The predicted octanol–water partition coefficient (Wildman–Crippen LogP) is 7.44. The average molecular weight is 405 g/mol. The van der Waals surface area contributed by atoms with Crippen LogP contribution in [-0.4, -0.2) is 11.5 Å². The highest BCUT2D eigenvalue weighted by atomic mass is 32.2. The van der Waals surface area contributed by atoms with Gasteiger partial charge in [0.1, 0.15) is 0 Å². The summed E-state index contributed by atoms with van der Waals surface area (Å²) in [5.74, 6) is 0. The van der Waals surface area contributed by atoms with Crippen LogP contribution in [-0.2, 0) is 0 Å². The summed E-state index contributed by atoms with van der Waals surface area (Å²) in [6, 6.07) is 21.9. The van der Waals surface area contributed by atoms with Crippen molar-refractivity contribution < 1.29 is 4.92 Å². The number of anilines is 2. The van der Waals surface area contributed by atoms with Crippen LogP contribution in [0.1, 0.15) is 32.6 Å². The van der Waals surface area contributed by atoms with E-state index < -0.39 is 0 Å². The number of para-hydroxylation sites is 1. The minimum absolute atomic E-state index is 0.119. The van der Waals surface area contributed by atoms with Crippen molar-refractivity contribution in [3.05, 3.63) is 76.8 Å². The second-order valence-electron chi connectivity index (χ2n) is 7.27. The largest absolute Gasteiger partial charge is 0.340 e. The molecule has 0 atom stereocenters. The Balaban J connectivity index is 1.65. The van der Waals surface area contributed by atoms with E-state index in [0.29, 0.717) is 0 Å². The van der Waals surface area contributed by atoms with Crippen molar-refractivity contribution in [1.82, 2.24) is 0 Å². The number of benzene rings is 3. The van der Waals surface area contributed by atoms with Crippen molar-refractivity contribution in [2.45, 2.75) is 42.4 Å². The third kappa shape index (κ3) is 4.15. The van der Waals surface area contributed by atoms with E-state index in [1.165, 1.54) is 46.8 Å². The number of nitro groups is 1. The van der Waals surface area contributed by atoms with Gasteiger partial charge in [-0.2, -0.15) is 0 Å². The molecule has 0 unspecified atom stereocenters. The Kier molecular flexibility index (Phi) is 5.86. The number of non-ortho nitro benzene ring substituents is 1. The zero-order valence-corrected chi connectivity index (χ0v) is 17.3. The van der Waals surface area contributed by atoms with E-state index in [1.807, 2.05) is 12.1 Å². The highest BCUT2D eigenvalue weighted by Gasteiger charge is 2.23. The van der Waals surface area contributed by atoms with Gasteiger partial charge in [0, 0.05) is 28.5 Å². The first-order valence-electron chi connectivity index (χ1n) is 10.1. The van der Waals surface area contributed by atoms with E-state index in [1.54, 1.807) is 23.9 Å². The Morgan fingerprint density at radius 1 is 0.862 bits per heavy atom. The van der Waals surface area contributed by atoms with E-state index in [9.17, 15) is 10.1 Å². The highest BCUT2D eigenvalue weighted by molar-refractivity contribution is 7.99. The normalized spacial score (nSPS) is 12.4. The lowest BCUT2D eigenvalue weighted by Gasteiger charge is -2.33. The fourth-order valence-corrected chi connectivity index (χ4v) is 4.86. The van der Waals surface area contributed by atoms with Crippen LogP contribution in [0.25, 0.3) is 11.1 Å². The van der Waals surface area contributed by atoms with Gasteiger partial charge in [-0.15, -0.1) is 0 Å². The molecule has 29 heavy (non-hydrogen) atoms. The SMILES string of the molecule is CCCCCCN1c2ccccc2Sc2cc(-c3ccc([N+](=O)[O-])cc3)ccc21. The van der Waals surface area contributed by atoms with Crippen molar-refractivity contribution in [2.75, 3.05) is 11.4 Å². The first kappa shape index (κ1) is 19.5. The molecule has 1 heterocycles. The summed E-state index contributed by atoms with van der Waals surface area (Å²) in [5.41, 5.74) is 4.72. The van der Waals surface area contributed by atoms with E-state index in [-0.39, 0.29) is 10.6 Å². The molecular formula is C24H24N2O2S. The Morgan fingerprint density at radius 3 is 2.34 bits per heavy atom. The molecule has 0 aliphatic carbocycles. The Hall–Kier alpha value is -2.79. The number of unbranched alkanes of at least 4 members (excludes halogenated alkanes) is 3. The quantitative estimate of drug-likeness (QED) is 0.233. The van der Waals surface area contributed by atoms with Gasteiger partial charge >= 0.3 is 0 Å². The van der Waals surface area contributed by atoms with Crippen molar-refractivity contribution >= 4 is 28.8 Å². The fourth-order valence-electron chi connectivity index (χ4n) is 3.73. The van der Waals surface area contributed by atoms with E-state index >= 15 is 0 Å². The van der Waals surface area contributed by atoms with Gasteiger partial charge in [-0.05, 0) is 53.9 Å². The molecule has 0 spiro atoms. The summed E-state index contributed by atoms with van der Waals surface area (Å²) in [4.78, 5) is 15.5. The molecule has 4 nitrogen and oxygen atoms in total. The molecule has 0 fully saturated rings. The van der Waals surface area contributed by atoms with Crippen molar-refractivity contribution in [3.8, 4) is 11.1 Å². The number of fused-ring (bicyclic) bond motifs is 2. The number of hydrogen-bond acceptors (Lipinski definition) is 4. The topological polar surface area (TPSA) is 46.4 Å². The summed E-state index contributed by atoms with van der Waals surface area (Å²) < 4.78 is 0. The molecule has 3 aromatic carbocycles. The number of rotatable bonds is 7. The number of nitrogens with zero attached hydrogens (tertiary/aromatic N) is 2. The average Bonchev–Trinajstić information content (AvgIpc) is 2.75. The highest BCUT2D eigenvalue weighted by Crippen LogP contribution is 2.49. The molecule has 148 valence electrons. The Morgan fingerprint density at radius 2 is 1.59 bits per heavy atom.